The summed E-state index contributed by atoms with van der Waals surface area (Å²) in [6.45, 7) is 3.87. The van der Waals surface area contributed by atoms with Crippen molar-refractivity contribution in [2.45, 2.75) is 31.3 Å². The number of rotatable bonds is 5. The lowest BCUT2D eigenvalue weighted by Gasteiger charge is -2.14. The summed E-state index contributed by atoms with van der Waals surface area (Å²) in [4.78, 5) is 0.141. The minimum absolute atomic E-state index is 0.0598. The molecule has 4 rings (SSSR count). The van der Waals surface area contributed by atoms with Gasteiger partial charge in [0.25, 0.3) is 10.1 Å². The standard InChI is InChI=1S/C23H21ClO4S/c1-15-6-8-21(9-7-15)29(25,26)27-14-20-12-18-11-19(24)13-22(23(18)28-20)17-5-3-4-16(2)10-17/h3-11,13,20H,12,14H2,1-2H3. The van der Waals surface area contributed by atoms with E-state index in [-0.39, 0.29) is 11.5 Å². The topological polar surface area (TPSA) is 52.6 Å². The van der Waals surface area contributed by atoms with Crippen molar-refractivity contribution in [3.63, 3.8) is 0 Å². The molecule has 0 radical (unpaired) electrons. The highest BCUT2D eigenvalue weighted by Gasteiger charge is 2.29. The Labute approximate surface area is 176 Å². The maximum atomic E-state index is 12.5. The van der Waals surface area contributed by atoms with Gasteiger partial charge in [-0.05, 0) is 43.7 Å². The molecule has 29 heavy (non-hydrogen) atoms. The summed E-state index contributed by atoms with van der Waals surface area (Å²) in [6, 6.07) is 18.4. The third kappa shape index (κ3) is 4.32. The number of fused-ring (bicyclic) bond motifs is 1. The average Bonchev–Trinajstić information content (AvgIpc) is 3.09. The predicted molar refractivity (Wildman–Crippen MR) is 114 cm³/mol. The van der Waals surface area contributed by atoms with E-state index in [4.69, 9.17) is 20.5 Å². The van der Waals surface area contributed by atoms with E-state index in [0.29, 0.717) is 11.4 Å². The van der Waals surface area contributed by atoms with Crippen molar-refractivity contribution in [3.8, 4) is 16.9 Å². The van der Waals surface area contributed by atoms with Gasteiger partial charge in [-0.3, -0.25) is 4.18 Å². The van der Waals surface area contributed by atoms with Gasteiger partial charge in [-0.2, -0.15) is 8.42 Å². The molecule has 0 bridgehead atoms. The van der Waals surface area contributed by atoms with Crippen LogP contribution in [0.2, 0.25) is 5.02 Å². The second-order valence-corrected chi connectivity index (χ2v) is 9.36. The molecular weight excluding hydrogens is 408 g/mol. The Bertz CT molecular complexity index is 1150. The second kappa shape index (κ2) is 7.82. The van der Waals surface area contributed by atoms with E-state index >= 15 is 0 Å². The highest BCUT2D eigenvalue weighted by molar-refractivity contribution is 7.86. The molecule has 0 aromatic heterocycles. The van der Waals surface area contributed by atoms with Crippen molar-refractivity contribution < 1.29 is 17.3 Å². The van der Waals surface area contributed by atoms with Crippen molar-refractivity contribution in [2.75, 3.05) is 6.61 Å². The second-order valence-electron chi connectivity index (χ2n) is 7.31. The molecule has 0 amide bonds. The molecule has 1 aliphatic heterocycles. The van der Waals surface area contributed by atoms with Gasteiger partial charge in [0.1, 0.15) is 18.5 Å². The molecule has 4 nitrogen and oxygen atoms in total. The summed E-state index contributed by atoms with van der Waals surface area (Å²) in [5.41, 5.74) is 4.99. The monoisotopic (exact) mass is 428 g/mol. The van der Waals surface area contributed by atoms with Crippen LogP contribution in [0.5, 0.6) is 5.75 Å². The fourth-order valence-electron chi connectivity index (χ4n) is 3.45. The molecule has 150 valence electrons. The first-order chi connectivity index (χ1) is 13.8. The van der Waals surface area contributed by atoms with Crippen LogP contribution in [0.25, 0.3) is 11.1 Å². The molecule has 6 heteroatoms. The van der Waals surface area contributed by atoms with E-state index in [2.05, 4.69) is 6.07 Å². The van der Waals surface area contributed by atoms with Crippen molar-refractivity contribution in [1.82, 2.24) is 0 Å². The number of aryl methyl sites for hydroxylation is 2. The minimum atomic E-state index is -3.83. The molecule has 1 aliphatic rings. The summed E-state index contributed by atoms with van der Waals surface area (Å²) in [5.74, 6) is 0.737. The molecule has 1 atom stereocenters. The Hall–Kier alpha value is -2.34. The average molecular weight is 429 g/mol. The van der Waals surface area contributed by atoms with Crippen LogP contribution in [0.15, 0.2) is 65.6 Å². The maximum absolute atomic E-state index is 12.5. The van der Waals surface area contributed by atoms with Gasteiger partial charge in [0.05, 0.1) is 4.90 Å². The summed E-state index contributed by atoms with van der Waals surface area (Å²) >= 11 is 6.33. The molecule has 0 saturated heterocycles. The zero-order chi connectivity index (χ0) is 20.6. The van der Waals surface area contributed by atoms with Crippen LogP contribution >= 0.6 is 11.6 Å². The number of ether oxygens (including phenoxy) is 1. The minimum Gasteiger partial charge on any atom is -0.487 e. The Morgan fingerprint density at radius 3 is 2.52 bits per heavy atom. The number of halogens is 1. The summed E-state index contributed by atoms with van der Waals surface area (Å²) < 4.78 is 36.3. The fraction of sp³-hybridized carbons (Fsp3) is 0.217. The lowest BCUT2D eigenvalue weighted by Crippen LogP contribution is -2.23. The molecule has 3 aromatic carbocycles. The lowest BCUT2D eigenvalue weighted by atomic mass is 9.99. The molecule has 0 spiro atoms. The van der Waals surface area contributed by atoms with Crippen molar-refractivity contribution >= 4 is 21.7 Å². The molecule has 1 unspecified atom stereocenters. The Morgan fingerprint density at radius 2 is 1.79 bits per heavy atom. The maximum Gasteiger partial charge on any atom is 0.297 e. The van der Waals surface area contributed by atoms with E-state index in [0.717, 1.165) is 33.6 Å². The van der Waals surface area contributed by atoms with Crippen LogP contribution in [-0.2, 0) is 20.7 Å². The Kier molecular flexibility index (Phi) is 5.38. The van der Waals surface area contributed by atoms with Crippen LogP contribution in [0.4, 0.5) is 0 Å². The lowest BCUT2D eigenvalue weighted by molar-refractivity contribution is 0.152. The molecular formula is C23H21ClO4S. The van der Waals surface area contributed by atoms with Gasteiger partial charge in [-0.25, -0.2) is 0 Å². The Morgan fingerprint density at radius 1 is 1.03 bits per heavy atom. The quantitative estimate of drug-likeness (QED) is 0.515. The highest BCUT2D eigenvalue weighted by atomic mass is 35.5. The van der Waals surface area contributed by atoms with Crippen molar-refractivity contribution in [1.29, 1.82) is 0 Å². The predicted octanol–water partition coefficient (Wildman–Crippen LogP) is 5.33. The van der Waals surface area contributed by atoms with Gasteiger partial charge < -0.3 is 4.74 Å². The molecule has 0 saturated carbocycles. The summed E-state index contributed by atoms with van der Waals surface area (Å²) in [7, 11) is -3.83. The van der Waals surface area contributed by atoms with Crippen molar-refractivity contribution in [3.05, 3.63) is 82.4 Å². The van der Waals surface area contributed by atoms with Crippen LogP contribution in [0.1, 0.15) is 16.7 Å². The fourth-order valence-corrected chi connectivity index (χ4v) is 4.63. The van der Waals surface area contributed by atoms with Crippen LogP contribution < -0.4 is 4.74 Å². The van der Waals surface area contributed by atoms with Gasteiger partial charge >= 0.3 is 0 Å². The Balaban J connectivity index is 1.53. The zero-order valence-corrected chi connectivity index (χ0v) is 17.8. The van der Waals surface area contributed by atoms with Gasteiger partial charge in [-0.15, -0.1) is 0 Å². The van der Waals surface area contributed by atoms with Crippen LogP contribution in [0, 0.1) is 13.8 Å². The first-order valence-corrected chi connectivity index (χ1v) is 11.1. The first kappa shape index (κ1) is 20.0. The van der Waals surface area contributed by atoms with Gasteiger partial charge in [0.15, 0.2) is 0 Å². The van der Waals surface area contributed by atoms with Crippen molar-refractivity contribution in [2.24, 2.45) is 0 Å². The van der Waals surface area contributed by atoms with Gasteiger partial charge in [-0.1, -0.05) is 59.1 Å². The number of benzene rings is 3. The highest BCUT2D eigenvalue weighted by Crippen LogP contribution is 2.41. The third-order valence-corrected chi connectivity index (χ3v) is 6.42. The van der Waals surface area contributed by atoms with Crippen LogP contribution in [0.3, 0.4) is 0 Å². The molecule has 1 heterocycles. The zero-order valence-electron chi connectivity index (χ0n) is 16.2. The van der Waals surface area contributed by atoms with E-state index in [1.165, 1.54) is 0 Å². The van der Waals surface area contributed by atoms with E-state index < -0.39 is 16.2 Å². The molecule has 0 N–H and O–H groups in total. The summed E-state index contributed by atoms with van der Waals surface area (Å²) in [5, 5.41) is 0.623. The van der Waals surface area contributed by atoms with E-state index in [1.54, 1.807) is 24.3 Å². The molecule has 0 fully saturated rings. The molecule has 0 aliphatic carbocycles. The normalized spacial score (nSPS) is 15.8. The largest absolute Gasteiger partial charge is 0.487 e. The molecule has 3 aromatic rings. The SMILES string of the molecule is Cc1ccc(S(=O)(=O)OCC2Cc3cc(Cl)cc(-c4cccc(C)c4)c3O2)cc1. The number of hydrogen-bond donors (Lipinski definition) is 0. The van der Waals surface area contributed by atoms with Crippen LogP contribution in [-0.4, -0.2) is 21.1 Å². The number of hydrogen-bond acceptors (Lipinski definition) is 4. The van der Waals surface area contributed by atoms with Gasteiger partial charge in [0, 0.05) is 22.6 Å². The van der Waals surface area contributed by atoms with E-state index in [1.807, 2.05) is 44.2 Å². The third-order valence-electron chi connectivity index (χ3n) is 4.91. The van der Waals surface area contributed by atoms with E-state index in [9.17, 15) is 8.42 Å². The smallest absolute Gasteiger partial charge is 0.297 e. The summed E-state index contributed by atoms with van der Waals surface area (Å²) in [6.07, 6.45) is 0.144. The first-order valence-electron chi connectivity index (χ1n) is 9.34. The van der Waals surface area contributed by atoms with Gasteiger partial charge in [0.2, 0.25) is 0 Å².